The number of halogens is 1. The van der Waals surface area contributed by atoms with E-state index in [1.165, 1.54) is 6.07 Å². The molecule has 1 fully saturated rings. The molecule has 1 aliphatic rings. The summed E-state index contributed by atoms with van der Waals surface area (Å²) in [4.78, 5) is 13.8. The highest BCUT2D eigenvalue weighted by Gasteiger charge is 2.23. The zero-order chi connectivity index (χ0) is 13.7. The number of nitrogens with two attached hydrogens (primary N) is 1. The average Bonchev–Trinajstić information content (AvgIpc) is 2.42. The summed E-state index contributed by atoms with van der Waals surface area (Å²) in [6, 6.07) is 5.97. The summed E-state index contributed by atoms with van der Waals surface area (Å²) in [6.07, 6.45) is 3.03. The molecular weight excluding hydrogens is 245 g/mol. The highest BCUT2D eigenvalue weighted by molar-refractivity contribution is 5.89. The monoisotopic (exact) mass is 265 g/mol. The number of anilines is 1. The zero-order valence-corrected chi connectivity index (χ0v) is 10.9. The standard InChI is InChI=1S/C14H20FN3O/c15-12-5-1-2-6-13(12)17-14(19)18-9-3-4-11(10-18)7-8-16/h1-2,5-6,11H,3-4,7-10,16H2,(H,17,19). The minimum atomic E-state index is -0.411. The lowest BCUT2D eigenvalue weighted by Gasteiger charge is -2.32. The van der Waals surface area contributed by atoms with E-state index in [2.05, 4.69) is 5.32 Å². The first-order valence-corrected chi connectivity index (χ1v) is 6.71. The molecule has 1 saturated heterocycles. The molecule has 0 saturated carbocycles. The van der Waals surface area contributed by atoms with E-state index < -0.39 is 5.82 Å². The molecule has 0 bridgehead atoms. The fraction of sp³-hybridized carbons (Fsp3) is 0.500. The van der Waals surface area contributed by atoms with Gasteiger partial charge in [-0.2, -0.15) is 0 Å². The van der Waals surface area contributed by atoms with Gasteiger partial charge in [-0.05, 0) is 43.9 Å². The lowest BCUT2D eigenvalue weighted by Crippen LogP contribution is -2.42. The molecule has 3 N–H and O–H groups in total. The van der Waals surface area contributed by atoms with Crippen LogP contribution in [0, 0.1) is 11.7 Å². The van der Waals surface area contributed by atoms with Gasteiger partial charge < -0.3 is 16.0 Å². The van der Waals surface area contributed by atoms with Crippen LogP contribution in [0.5, 0.6) is 0 Å². The van der Waals surface area contributed by atoms with Crippen LogP contribution in [0.4, 0.5) is 14.9 Å². The number of hydrogen-bond acceptors (Lipinski definition) is 2. The smallest absolute Gasteiger partial charge is 0.321 e. The van der Waals surface area contributed by atoms with Gasteiger partial charge in [0.15, 0.2) is 0 Å². The highest BCUT2D eigenvalue weighted by Crippen LogP contribution is 2.20. The molecule has 2 rings (SSSR count). The molecule has 0 aliphatic carbocycles. The fourth-order valence-corrected chi connectivity index (χ4v) is 2.48. The SMILES string of the molecule is NCCC1CCCN(C(=O)Nc2ccccc2F)C1. The van der Waals surface area contributed by atoms with Crippen LogP contribution in [0.2, 0.25) is 0 Å². The molecule has 104 valence electrons. The van der Waals surface area contributed by atoms with Crippen molar-refractivity contribution in [1.29, 1.82) is 0 Å². The summed E-state index contributed by atoms with van der Waals surface area (Å²) in [5.74, 6) is 0.0523. The van der Waals surface area contributed by atoms with Crippen molar-refractivity contribution < 1.29 is 9.18 Å². The van der Waals surface area contributed by atoms with Crippen LogP contribution in [0.3, 0.4) is 0 Å². The first-order valence-electron chi connectivity index (χ1n) is 6.71. The van der Waals surface area contributed by atoms with Crippen LogP contribution < -0.4 is 11.1 Å². The molecule has 4 nitrogen and oxygen atoms in total. The van der Waals surface area contributed by atoms with E-state index in [1.54, 1.807) is 23.1 Å². The second kappa shape index (κ2) is 6.52. The Morgan fingerprint density at radius 1 is 1.47 bits per heavy atom. The molecule has 1 aromatic rings. The van der Waals surface area contributed by atoms with Gasteiger partial charge in [0.05, 0.1) is 5.69 Å². The van der Waals surface area contributed by atoms with Gasteiger partial charge in [-0.25, -0.2) is 9.18 Å². The Hall–Kier alpha value is -1.62. The number of rotatable bonds is 3. The van der Waals surface area contributed by atoms with Gasteiger partial charge in [-0.15, -0.1) is 0 Å². The molecule has 19 heavy (non-hydrogen) atoms. The van der Waals surface area contributed by atoms with E-state index in [-0.39, 0.29) is 11.7 Å². The number of nitrogens with zero attached hydrogens (tertiary/aromatic N) is 1. The molecule has 0 aromatic heterocycles. The Balaban J connectivity index is 1.94. The van der Waals surface area contributed by atoms with Gasteiger partial charge in [-0.3, -0.25) is 0 Å². The summed E-state index contributed by atoms with van der Waals surface area (Å²) < 4.78 is 13.5. The molecule has 1 aliphatic heterocycles. The first kappa shape index (κ1) is 13.8. The van der Waals surface area contributed by atoms with E-state index in [9.17, 15) is 9.18 Å². The van der Waals surface area contributed by atoms with Crippen LogP contribution in [0.15, 0.2) is 24.3 Å². The number of benzene rings is 1. The summed E-state index contributed by atoms with van der Waals surface area (Å²) in [5, 5.41) is 2.62. The van der Waals surface area contributed by atoms with Crippen LogP contribution in [0.25, 0.3) is 0 Å². The third-order valence-corrected chi connectivity index (χ3v) is 3.50. The maximum atomic E-state index is 13.5. The molecular formula is C14H20FN3O. The van der Waals surface area contributed by atoms with Crippen molar-refractivity contribution >= 4 is 11.7 Å². The predicted octanol–water partition coefficient (Wildman–Crippen LogP) is 2.42. The van der Waals surface area contributed by atoms with Gasteiger partial charge in [-0.1, -0.05) is 12.1 Å². The number of para-hydroxylation sites is 1. The van der Waals surface area contributed by atoms with Crippen LogP contribution in [-0.2, 0) is 0 Å². The van der Waals surface area contributed by atoms with Crippen molar-refractivity contribution in [2.24, 2.45) is 11.7 Å². The van der Waals surface area contributed by atoms with E-state index in [4.69, 9.17) is 5.73 Å². The largest absolute Gasteiger partial charge is 0.330 e. The number of nitrogens with one attached hydrogen (secondary N) is 1. The molecule has 1 unspecified atom stereocenters. The molecule has 1 aromatic carbocycles. The van der Waals surface area contributed by atoms with E-state index >= 15 is 0 Å². The Morgan fingerprint density at radius 2 is 2.26 bits per heavy atom. The lowest BCUT2D eigenvalue weighted by molar-refractivity contribution is 0.175. The fourth-order valence-electron chi connectivity index (χ4n) is 2.48. The summed E-state index contributed by atoms with van der Waals surface area (Å²) >= 11 is 0. The molecule has 0 radical (unpaired) electrons. The van der Waals surface area contributed by atoms with Crippen LogP contribution in [-0.4, -0.2) is 30.6 Å². The summed E-state index contributed by atoms with van der Waals surface area (Å²) in [6.45, 7) is 2.08. The van der Waals surface area contributed by atoms with Gasteiger partial charge in [0.1, 0.15) is 5.82 Å². The van der Waals surface area contributed by atoms with Crippen molar-refractivity contribution in [3.05, 3.63) is 30.1 Å². The number of piperidine rings is 1. The van der Waals surface area contributed by atoms with Crippen molar-refractivity contribution in [2.45, 2.75) is 19.3 Å². The maximum absolute atomic E-state index is 13.5. The Morgan fingerprint density at radius 3 is 3.00 bits per heavy atom. The minimum Gasteiger partial charge on any atom is -0.330 e. The number of carbonyl (C=O) groups is 1. The second-order valence-electron chi connectivity index (χ2n) is 4.94. The third-order valence-electron chi connectivity index (χ3n) is 3.50. The van der Waals surface area contributed by atoms with Gasteiger partial charge >= 0.3 is 6.03 Å². The van der Waals surface area contributed by atoms with Crippen molar-refractivity contribution in [1.82, 2.24) is 4.90 Å². The zero-order valence-electron chi connectivity index (χ0n) is 10.9. The van der Waals surface area contributed by atoms with Gasteiger partial charge in [0.2, 0.25) is 0 Å². The normalized spacial score (nSPS) is 19.3. The molecule has 1 atom stereocenters. The number of likely N-dealkylation sites (tertiary alicyclic amines) is 1. The van der Waals surface area contributed by atoms with Gasteiger partial charge in [0.25, 0.3) is 0 Å². The average molecular weight is 265 g/mol. The highest BCUT2D eigenvalue weighted by atomic mass is 19.1. The predicted molar refractivity (Wildman–Crippen MR) is 73.4 cm³/mol. The van der Waals surface area contributed by atoms with Crippen LogP contribution in [0.1, 0.15) is 19.3 Å². The second-order valence-corrected chi connectivity index (χ2v) is 4.94. The Bertz CT molecular complexity index is 436. The molecule has 0 spiro atoms. The Kier molecular flexibility index (Phi) is 4.74. The lowest BCUT2D eigenvalue weighted by atomic mass is 9.95. The number of carbonyl (C=O) groups excluding carboxylic acids is 1. The maximum Gasteiger partial charge on any atom is 0.321 e. The minimum absolute atomic E-state index is 0.230. The van der Waals surface area contributed by atoms with Crippen molar-refractivity contribution in [3.63, 3.8) is 0 Å². The molecule has 1 heterocycles. The quantitative estimate of drug-likeness (QED) is 0.881. The summed E-state index contributed by atoms with van der Waals surface area (Å²) in [5.41, 5.74) is 5.79. The van der Waals surface area contributed by atoms with Crippen molar-refractivity contribution in [3.8, 4) is 0 Å². The first-order chi connectivity index (χ1) is 9.20. The molecule has 5 heteroatoms. The van der Waals surface area contributed by atoms with Crippen LogP contribution >= 0.6 is 0 Å². The van der Waals surface area contributed by atoms with E-state index in [1.807, 2.05) is 0 Å². The Labute approximate surface area is 112 Å². The van der Waals surface area contributed by atoms with Gasteiger partial charge in [0, 0.05) is 13.1 Å². The van der Waals surface area contributed by atoms with Crippen molar-refractivity contribution in [2.75, 3.05) is 25.0 Å². The molecule has 2 amide bonds. The van der Waals surface area contributed by atoms with E-state index in [0.29, 0.717) is 19.0 Å². The number of urea groups is 1. The summed E-state index contributed by atoms with van der Waals surface area (Å²) in [7, 11) is 0. The third kappa shape index (κ3) is 3.67. The number of hydrogen-bond donors (Lipinski definition) is 2. The topological polar surface area (TPSA) is 58.4 Å². The number of amides is 2. The van der Waals surface area contributed by atoms with E-state index in [0.717, 1.165) is 25.8 Å².